The SMILES string of the molecule is CCCCC/C=C\C/C=C\CCCCCCCCC1(CCCCCCCC/C=C\CCCCCCCC)COC2(CCN(C(=O)OCCN(C)C)CC2)O1. The van der Waals surface area contributed by atoms with Crippen LogP contribution in [0.15, 0.2) is 36.5 Å². The number of likely N-dealkylation sites (N-methyl/N-ethyl adjacent to an activating group) is 1. The first-order valence-electron chi connectivity index (χ1n) is 23.3. The minimum atomic E-state index is -0.540. The van der Waals surface area contributed by atoms with E-state index in [1.54, 1.807) is 0 Å². The summed E-state index contributed by atoms with van der Waals surface area (Å²) < 4.78 is 19.1. The van der Waals surface area contributed by atoms with Crippen LogP contribution in [-0.4, -0.2) is 74.2 Å². The summed E-state index contributed by atoms with van der Waals surface area (Å²) in [4.78, 5) is 16.5. The zero-order chi connectivity index (χ0) is 38.8. The zero-order valence-corrected chi connectivity index (χ0v) is 36.2. The van der Waals surface area contributed by atoms with E-state index in [1.165, 1.54) is 161 Å². The number of ether oxygens (including phenoxy) is 3. The summed E-state index contributed by atoms with van der Waals surface area (Å²) >= 11 is 0. The second kappa shape index (κ2) is 32.5. The first kappa shape index (κ1) is 48.5. The topological polar surface area (TPSA) is 51.2 Å². The number of allylic oxidation sites excluding steroid dienone is 6. The molecule has 54 heavy (non-hydrogen) atoms. The molecule has 2 rings (SSSR count). The van der Waals surface area contributed by atoms with Gasteiger partial charge in [0.2, 0.25) is 0 Å². The fourth-order valence-corrected chi connectivity index (χ4v) is 7.90. The molecule has 1 unspecified atom stereocenters. The van der Waals surface area contributed by atoms with Gasteiger partial charge in [0.15, 0.2) is 5.79 Å². The monoisotopic (exact) mass is 757 g/mol. The summed E-state index contributed by atoms with van der Waals surface area (Å²) in [6.07, 6.45) is 51.6. The molecule has 1 atom stereocenters. The normalized spacial score (nSPS) is 18.8. The number of amides is 1. The summed E-state index contributed by atoms with van der Waals surface area (Å²) in [5.41, 5.74) is -0.176. The molecule has 0 aliphatic carbocycles. The van der Waals surface area contributed by atoms with Gasteiger partial charge in [-0.25, -0.2) is 4.79 Å². The molecule has 2 aliphatic rings. The third-order valence-electron chi connectivity index (χ3n) is 11.5. The van der Waals surface area contributed by atoms with E-state index in [9.17, 15) is 4.79 Å². The van der Waals surface area contributed by atoms with E-state index in [1.807, 2.05) is 23.9 Å². The molecule has 0 N–H and O–H groups in total. The molecule has 1 spiro atoms. The smallest absolute Gasteiger partial charge is 0.409 e. The Morgan fingerprint density at radius 3 is 1.54 bits per heavy atom. The number of likely N-dealkylation sites (tertiary alicyclic amines) is 1. The predicted octanol–water partition coefficient (Wildman–Crippen LogP) is 13.9. The van der Waals surface area contributed by atoms with E-state index in [2.05, 4.69) is 50.3 Å². The maximum absolute atomic E-state index is 12.7. The summed E-state index contributed by atoms with van der Waals surface area (Å²) in [5, 5.41) is 0. The molecule has 2 aliphatic heterocycles. The highest BCUT2D eigenvalue weighted by Crippen LogP contribution is 2.44. The fraction of sp³-hybridized carbons (Fsp3) is 0.854. The summed E-state index contributed by atoms with van der Waals surface area (Å²) in [7, 11) is 3.99. The Kier molecular flexibility index (Phi) is 29.2. The molecule has 0 aromatic carbocycles. The number of rotatable bonds is 34. The molecule has 0 aromatic rings. The Labute approximate surface area is 335 Å². The van der Waals surface area contributed by atoms with Crippen molar-refractivity contribution in [3.8, 4) is 0 Å². The molecule has 1 amide bonds. The van der Waals surface area contributed by atoms with E-state index in [4.69, 9.17) is 14.2 Å². The van der Waals surface area contributed by atoms with Crippen molar-refractivity contribution >= 4 is 6.09 Å². The summed E-state index contributed by atoms with van der Waals surface area (Å²) in [5.74, 6) is -0.540. The molecule has 2 fully saturated rings. The van der Waals surface area contributed by atoms with Crippen molar-refractivity contribution in [2.45, 2.75) is 218 Å². The predicted molar refractivity (Wildman–Crippen MR) is 231 cm³/mol. The van der Waals surface area contributed by atoms with Gasteiger partial charge in [-0.2, -0.15) is 0 Å². The highest BCUT2D eigenvalue weighted by molar-refractivity contribution is 5.67. The average Bonchev–Trinajstić information content (AvgIpc) is 3.51. The van der Waals surface area contributed by atoms with Gasteiger partial charge in [0, 0.05) is 32.5 Å². The third-order valence-corrected chi connectivity index (χ3v) is 11.5. The lowest BCUT2D eigenvalue weighted by Gasteiger charge is -2.39. The van der Waals surface area contributed by atoms with Crippen molar-refractivity contribution in [1.82, 2.24) is 9.80 Å². The van der Waals surface area contributed by atoms with Crippen molar-refractivity contribution in [1.29, 1.82) is 0 Å². The van der Waals surface area contributed by atoms with Crippen LogP contribution in [0.2, 0.25) is 0 Å². The van der Waals surface area contributed by atoms with Gasteiger partial charge in [0.05, 0.1) is 12.2 Å². The largest absolute Gasteiger partial charge is 0.448 e. The van der Waals surface area contributed by atoms with Crippen molar-refractivity contribution in [2.24, 2.45) is 0 Å². The van der Waals surface area contributed by atoms with E-state index in [0.717, 1.165) is 38.6 Å². The summed E-state index contributed by atoms with van der Waals surface area (Å²) in [6.45, 7) is 7.69. The third kappa shape index (κ3) is 24.1. The maximum atomic E-state index is 12.7. The van der Waals surface area contributed by atoms with Crippen LogP contribution >= 0.6 is 0 Å². The first-order chi connectivity index (χ1) is 26.4. The Balaban J connectivity index is 1.67. The number of carbonyl (C=O) groups excluding carboxylic acids is 1. The number of hydrogen-bond donors (Lipinski definition) is 0. The van der Waals surface area contributed by atoms with E-state index < -0.39 is 5.79 Å². The molecular formula is C48H88N2O4. The lowest BCUT2D eigenvalue weighted by molar-refractivity contribution is -0.211. The first-order valence-corrected chi connectivity index (χ1v) is 23.3. The molecule has 314 valence electrons. The van der Waals surface area contributed by atoms with Crippen LogP contribution in [0, 0.1) is 0 Å². The molecule has 6 nitrogen and oxygen atoms in total. The second-order valence-electron chi connectivity index (χ2n) is 16.9. The molecule has 6 heteroatoms. The lowest BCUT2D eigenvalue weighted by atomic mass is 9.90. The highest BCUT2D eigenvalue weighted by Gasteiger charge is 2.51. The molecule has 2 heterocycles. The van der Waals surface area contributed by atoms with Crippen LogP contribution in [-0.2, 0) is 14.2 Å². The van der Waals surface area contributed by atoms with Gasteiger partial charge in [0.25, 0.3) is 0 Å². The second-order valence-corrected chi connectivity index (χ2v) is 16.9. The number of hydrogen-bond acceptors (Lipinski definition) is 5. The lowest BCUT2D eigenvalue weighted by Crippen LogP contribution is -2.49. The summed E-state index contributed by atoms with van der Waals surface area (Å²) in [6, 6.07) is 0. The quantitative estimate of drug-likeness (QED) is 0.0483. The Morgan fingerprint density at radius 1 is 0.611 bits per heavy atom. The number of unbranched alkanes of at least 4 members (excludes halogenated alkanes) is 21. The molecule has 0 radical (unpaired) electrons. The van der Waals surface area contributed by atoms with Gasteiger partial charge >= 0.3 is 6.09 Å². The number of nitrogens with zero attached hydrogens (tertiary/aromatic N) is 2. The average molecular weight is 757 g/mol. The van der Waals surface area contributed by atoms with Crippen LogP contribution in [0.3, 0.4) is 0 Å². The molecule has 0 aromatic heterocycles. The van der Waals surface area contributed by atoms with Crippen LogP contribution in [0.1, 0.15) is 206 Å². The van der Waals surface area contributed by atoms with Crippen molar-refractivity contribution in [3.05, 3.63) is 36.5 Å². The van der Waals surface area contributed by atoms with Gasteiger partial charge in [-0.05, 0) is 84.7 Å². The molecular weight excluding hydrogens is 669 g/mol. The van der Waals surface area contributed by atoms with Gasteiger partial charge in [-0.1, -0.05) is 159 Å². The number of piperidine rings is 1. The van der Waals surface area contributed by atoms with Crippen LogP contribution in [0.25, 0.3) is 0 Å². The van der Waals surface area contributed by atoms with E-state index in [0.29, 0.717) is 26.3 Å². The Hall–Kier alpha value is -1.63. The van der Waals surface area contributed by atoms with E-state index >= 15 is 0 Å². The molecule has 2 saturated heterocycles. The molecule has 0 saturated carbocycles. The van der Waals surface area contributed by atoms with Gasteiger partial charge < -0.3 is 24.0 Å². The number of carbonyl (C=O) groups is 1. The minimum absolute atomic E-state index is 0.176. The zero-order valence-electron chi connectivity index (χ0n) is 36.2. The van der Waals surface area contributed by atoms with Crippen LogP contribution in [0.4, 0.5) is 4.79 Å². The minimum Gasteiger partial charge on any atom is -0.448 e. The Morgan fingerprint density at radius 2 is 1.04 bits per heavy atom. The van der Waals surface area contributed by atoms with Crippen molar-refractivity contribution in [3.63, 3.8) is 0 Å². The maximum Gasteiger partial charge on any atom is 0.409 e. The standard InChI is InChI=1S/C48H88N2O4/c1-5-7-9-11-13-15-17-19-21-23-25-27-29-31-33-35-37-47(38-36-34-32-30-28-26-24-22-20-18-16-14-12-10-8-6-2)45-53-48(54-47)39-41-50(42-40-48)46(51)52-44-43-49(3)4/h13,15,19-22H,5-12,14,16-18,23-45H2,1-4H3/b15-13-,21-19-,22-20-. The Bertz CT molecular complexity index is 970. The van der Waals surface area contributed by atoms with Gasteiger partial charge in [0.1, 0.15) is 6.61 Å². The highest BCUT2D eigenvalue weighted by atomic mass is 16.8. The van der Waals surface area contributed by atoms with Crippen LogP contribution in [0.5, 0.6) is 0 Å². The van der Waals surface area contributed by atoms with Crippen molar-refractivity contribution < 1.29 is 19.0 Å². The molecule has 0 bridgehead atoms. The van der Waals surface area contributed by atoms with E-state index in [-0.39, 0.29) is 11.7 Å². The van der Waals surface area contributed by atoms with Gasteiger partial charge in [-0.3, -0.25) is 0 Å². The van der Waals surface area contributed by atoms with Gasteiger partial charge in [-0.15, -0.1) is 0 Å². The fourth-order valence-electron chi connectivity index (χ4n) is 7.90. The van der Waals surface area contributed by atoms with Crippen molar-refractivity contribution in [2.75, 3.05) is 46.9 Å². The van der Waals surface area contributed by atoms with Crippen LogP contribution < -0.4 is 0 Å².